The number of rotatable bonds is 5. The van der Waals surface area contributed by atoms with Crippen LogP contribution in [0.4, 0.5) is 5.69 Å². The van der Waals surface area contributed by atoms with Crippen molar-refractivity contribution in [3.63, 3.8) is 0 Å². The molecule has 0 spiro atoms. The molecule has 6 nitrogen and oxygen atoms in total. The number of ether oxygens (including phenoxy) is 2. The molecule has 1 N–H and O–H groups in total. The molecule has 1 heterocycles. The minimum atomic E-state index is -0.600. The third-order valence-corrected chi connectivity index (χ3v) is 4.30. The molecule has 0 bridgehead atoms. The second kappa shape index (κ2) is 7.90. The maximum absolute atomic E-state index is 12.4. The lowest BCUT2D eigenvalue weighted by atomic mass is 10.2. The molecule has 0 atom stereocenters. The van der Waals surface area contributed by atoms with Crippen LogP contribution in [-0.4, -0.2) is 19.0 Å². The molecule has 4 rings (SSSR count). The summed E-state index contributed by atoms with van der Waals surface area (Å²) in [5, 5.41) is 3.62. The number of amides is 1. The Bertz CT molecular complexity index is 1130. The zero-order valence-electron chi connectivity index (χ0n) is 15.5. The number of benzene rings is 3. The molecule has 144 valence electrons. The van der Waals surface area contributed by atoms with Crippen molar-refractivity contribution in [2.75, 3.05) is 12.4 Å². The van der Waals surface area contributed by atoms with Crippen molar-refractivity contribution in [2.24, 2.45) is 0 Å². The van der Waals surface area contributed by atoms with Crippen LogP contribution in [0.5, 0.6) is 11.5 Å². The molecule has 0 aliphatic heterocycles. The van der Waals surface area contributed by atoms with Gasteiger partial charge in [0.15, 0.2) is 0 Å². The first-order chi connectivity index (χ1) is 14.1. The normalized spacial score (nSPS) is 10.5. The predicted molar refractivity (Wildman–Crippen MR) is 109 cm³/mol. The molecule has 0 aliphatic carbocycles. The quantitative estimate of drug-likeness (QED) is 0.389. The Morgan fingerprint density at radius 2 is 1.55 bits per heavy atom. The molecule has 0 aliphatic rings. The lowest BCUT2D eigenvalue weighted by Gasteiger charge is -2.07. The van der Waals surface area contributed by atoms with Crippen molar-refractivity contribution in [3.8, 4) is 11.5 Å². The number of furan rings is 1. The van der Waals surface area contributed by atoms with Gasteiger partial charge in [-0.2, -0.15) is 0 Å². The van der Waals surface area contributed by atoms with Crippen molar-refractivity contribution < 1.29 is 23.5 Å². The maximum atomic E-state index is 12.4. The van der Waals surface area contributed by atoms with Gasteiger partial charge >= 0.3 is 5.97 Å². The smallest absolute Gasteiger partial charge is 0.379 e. The summed E-state index contributed by atoms with van der Waals surface area (Å²) in [7, 11) is 1.58. The molecular formula is C23H17NO5. The van der Waals surface area contributed by atoms with E-state index in [9.17, 15) is 9.59 Å². The number of hydrogen-bond donors (Lipinski definition) is 1. The lowest BCUT2D eigenvalue weighted by molar-refractivity contribution is 0.0704. The van der Waals surface area contributed by atoms with Crippen LogP contribution in [0, 0.1) is 0 Å². The van der Waals surface area contributed by atoms with Gasteiger partial charge in [-0.25, -0.2) is 4.79 Å². The van der Waals surface area contributed by atoms with E-state index in [-0.39, 0.29) is 11.7 Å². The zero-order valence-corrected chi connectivity index (χ0v) is 15.5. The van der Waals surface area contributed by atoms with Crippen molar-refractivity contribution >= 4 is 28.5 Å². The molecule has 1 amide bonds. The standard InChI is InChI=1S/C23H17NO5/c1-27-18-12-8-17(9-13-18)24-22(25)15-6-10-19(11-7-15)28-23(26)21-14-16-4-2-3-5-20(16)29-21/h2-14H,1H3,(H,24,25). The van der Waals surface area contributed by atoms with Gasteiger partial charge in [-0.15, -0.1) is 0 Å². The minimum Gasteiger partial charge on any atom is -0.497 e. The largest absolute Gasteiger partial charge is 0.497 e. The number of carbonyl (C=O) groups is 2. The van der Waals surface area contributed by atoms with E-state index in [1.54, 1.807) is 67.8 Å². The Labute approximate surface area is 166 Å². The fraction of sp³-hybridized carbons (Fsp3) is 0.0435. The van der Waals surface area contributed by atoms with Gasteiger partial charge in [0.05, 0.1) is 7.11 Å². The lowest BCUT2D eigenvalue weighted by Crippen LogP contribution is -2.12. The third kappa shape index (κ3) is 4.11. The van der Waals surface area contributed by atoms with Gasteiger partial charge in [-0.1, -0.05) is 18.2 Å². The maximum Gasteiger partial charge on any atom is 0.379 e. The number of esters is 1. The second-order valence-corrected chi connectivity index (χ2v) is 6.24. The van der Waals surface area contributed by atoms with Crippen LogP contribution >= 0.6 is 0 Å². The van der Waals surface area contributed by atoms with Gasteiger partial charge in [-0.05, 0) is 60.7 Å². The van der Waals surface area contributed by atoms with Crippen LogP contribution in [0.15, 0.2) is 83.3 Å². The molecular weight excluding hydrogens is 370 g/mol. The first-order valence-corrected chi connectivity index (χ1v) is 8.88. The minimum absolute atomic E-state index is 0.118. The zero-order chi connectivity index (χ0) is 20.2. The van der Waals surface area contributed by atoms with Crippen LogP contribution in [0.1, 0.15) is 20.9 Å². The molecule has 29 heavy (non-hydrogen) atoms. The Hall–Kier alpha value is -4.06. The molecule has 1 aromatic heterocycles. The van der Waals surface area contributed by atoms with Gasteiger partial charge in [0.25, 0.3) is 5.91 Å². The monoisotopic (exact) mass is 387 g/mol. The number of nitrogens with one attached hydrogen (secondary N) is 1. The van der Waals surface area contributed by atoms with E-state index in [0.29, 0.717) is 28.3 Å². The Balaban J connectivity index is 1.41. The number of para-hydroxylation sites is 1. The number of hydrogen-bond acceptors (Lipinski definition) is 5. The third-order valence-electron chi connectivity index (χ3n) is 4.30. The van der Waals surface area contributed by atoms with Gasteiger partial charge < -0.3 is 19.2 Å². The summed E-state index contributed by atoms with van der Waals surface area (Å²) in [5.74, 6) is 0.268. The molecule has 0 radical (unpaired) electrons. The van der Waals surface area contributed by atoms with E-state index < -0.39 is 5.97 Å². The highest BCUT2D eigenvalue weighted by molar-refractivity contribution is 6.04. The van der Waals surface area contributed by atoms with Crippen molar-refractivity contribution in [2.45, 2.75) is 0 Å². The second-order valence-electron chi connectivity index (χ2n) is 6.24. The van der Waals surface area contributed by atoms with Gasteiger partial charge in [0.2, 0.25) is 5.76 Å². The summed E-state index contributed by atoms with van der Waals surface area (Å²) in [6, 6.07) is 22.3. The van der Waals surface area contributed by atoms with E-state index in [1.807, 2.05) is 18.2 Å². The Morgan fingerprint density at radius 1 is 0.862 bits per heavy atom. The van der Waals surface area contributed by atoms with E-state index in [0.717, 1.165) is 5.39 Å². The van der Waals surface area contributed by atoms with Gasteiger partial charge in [-0.3, -0.25) is 4.79 Å². The fourth-order valence-electron chi connectivity index (χ4n) is 2.79. The van der Waals surface area contributed by atoms with Crippen molar-refractivity contribution in [1.29, 1.82) is 0 Å². The summed E-state index contributed by atoms with van der Waals surface area (Å²) in [5.41, 5.74) is 1.70. The average Bonchev–Trinajstić information content (AvgIpc) is 3.19. The number of carbonyl (C=O) groups excluding carboxylic acids is 2. The van der Waals surface area contributed by atoms with Crippen molar-refractivity contribution in [1.82, 2.24) is 0 Å². The van der Waals surface area contributed by atoms with Gasteiger partial charge in [0.1, 0.15) is 17.1 Å². The summed E-state index contributed by atoms with van der Waals surface area (Å²) < 4.78 is 15.9. The highest BCUT2D eigenvalue weighted by Crippen LogP contribution is 2.21. The SMILES string of the molecule is COc1ccc(NC(=O)c2ccc(OC(=O)c3cc4ccccc4o3)cc2)cc1. The van der Waals surface area contributed by atoms with Crippen LogP contribution in [0.2, 0.25) is 0 Å². The highest BCUT2D eigenvalue weighted by Gasteiger charge is 2.15. The molecule has 0 fully saturated rings. The van der Waals surface area contributed by atoms with E-state index in [1.165, 1.54) is 0 Å². The average molecular weight is 387 g/mol. The van der Waals surface area contributed by atoms with Crippen molar-refractivity contribution in [3.05, 3.63) is 90.2 Å². The van der Waals surface area contributed by atoms with Crippen LogP contribution in [0.25, 0.3) is 11.0 Å². The molecule has 0 saturated carbocycles. The molecule has 0 unspecified atom stereocenters. The Kier molecular flexibility index (Phi) is 4.99. The van der Waals surface area contributed by atoms with Crippen LogP contribution in [-0.2, 0) is 0 Å². The van der Waals surface area contributed by atoms with Crippen LogP contribution < -0.4 is 14.8 Å². The highest BCUT2D eigenvalue weighted by atomic mass is 16.5. The molecule has 0 saturated heterocycles. The topological polar surface area (TPSA) is 77.8 Å². The Morgan fingerprint density at radius 3 is 2.24 bits per heavy atom. The number of fused-ring (bicyclic) bond motifs is 1. The summed E-state index contributed by atoms with van der Waals surface area (Å²) >= 11 is 0. The first-order valence-electron chi connectivity index (χ1n) is 8.88. The van der Waals surface area contributed by atoms with Gasteiger partial charge in [0, 0.05) is 16.6 Å². The van der Waals surface area contributed by atoms with E-state index >= 15 is 0 Å². The fourth-order valence-corrected chi connectivity index (χ4v) is 2.79. The molecule has 4 aromatic rings. The van der Waals surface area contributed by atoms with Crippen LogP contribution in [0.3, 0.4) is 0 Å². The van der Waals surface area contributed by atoms with E-state index in [4.69, 9.17) is 13.9 Å². The van der Waals surface area contributed by atoms with E-state index in [2.05, 4.69) is 5.32 Å². The molecule has 6 heteroatoms. The number of methoxy groups -OCH3 is 1. The summed E-state index contributed by atoms with van der Waals surface area (Å²) in [4.78, 5) is 24.6. The molecule has 3 aromatic carbocycles. The predicted octanol–water partition coefficient (Wildman–Crippen LogP) is 4.91. The summed E-state index contributed by atoms with van der Waals surface area (Å²) in [6.45, 7) is 0. The summed E-state index contributed by atoms with van der Waals surface area (Å²) in [6.07, 6.45) is 0. The first kappa shape index (κ1) is 18.3. The number of anilines is 1.